The van der Waals surface area contributed by atoms with Crippen LogP contribution in [0.15, 0.2) is 36.4 Å². The van der Waals surface area contributed by atoms with E-state index in [4.69, 9.17) is 4.74 Å². The van der Waals surface area contributed by atoms with Crippen LogP contribution in [0.3, 0.4) is 0 Å². The van der Waals surface area contributed by atoms with Gasteiger partial charge in [-0.2, -0.15) is 0 Å². The number of rotatable bonds is 5. The van der Waals surface area contributed by atoms with Gasteiger partial charge < -0.3 is 9.64 Å². The second kappa shape index (κ2) is 6.12. The molecule has 4 nitrogen and oxygen atoms in total. The average Bonchev–Trinajstić information content (AvgIpc) is 2.50. The Kier molecular flexibility index (Phi) is 4.46. The molecule has 0 aliphatic carbocycles. The second-order valence-corrected chi connectivity index (χ2v) is 5.71. The van der Waals surface area contributed by atoms with Crippen LogP contribution in [-0.2, 0) is 14.3 Å². The summed E-state index contributed by atoms with van der Waals surface area (Å²) in [5, 5.41) is 0. The summed E-state index contributed by atoms with van der Waals surface area (Å²) in [4.78, 5) is 24.9. The molecule has 0 spiro atoms. The lowest BCUT2D eigenvalue weighted by atomic mass is 9.74. The molecule has 1 heterocycles. The summed E-state index contributed by atoms with van der Waals surface area (Å²) < 4.78 is 5.07. The number of carbonyl (C=O) groups excluding carboxylic acids is 2. The van der Waals surface area contributed by atoms with Gasteiger partial charge in [0.15, 0.2) is 6.73 Å². The molecule has 2 rings (SSSR count). The molecule has 0 radical (unpaired) electrons. The van der Waals surface area contributed by atoms with Crippen LogP contribution in [0.1, 0.15) is 32.8 Å². The Morgan fingerprint density at radius 1 is 1.33 bits per heavy atom. The summed E-state index contributed by atoms with van der Waals surface area (Å²) in [5.74, 6) is -0.285. The molecule has 4 heteroatoms. The van der Waals surface area contributed by atoms with Gasteiger partial charge in [0.1, 0.15) is 0 Å². The highest BCUT2D eigenvalue weighted by atomic mass is 16.5. The van der Waals surface area contributed by atoms with Crippen molar-refractivity contribution in [2.24, 2.45) is 5.41 Å². The first-order valence-corrected chi connectivity index (χ1v) is 7.16. The zero-order valence-electron chi connectivity index (χ0n) is 12.7. The highest BCUT2D eigenvalue weighted by molar-refractivity contribution is 5.90. The number of amides is 1. The monoisotopic (exact) mass is 287 g/mol. The number of hydrogen-bond acceptors (Lipinski definition) is 3. The Balaban J connectivity index is 2.05. The van der Waals surface area contributed by atoms with Crippen LogP contribution in [0.25, 0.3) is 6.08 Å². The van der Waals surface area contributed by atoms with E-state index in [1.165, 1.54) is 0 Å². The average molecular weight is 287 g/mol. The van der Waals surface area contributed by atoms with E-state index >= 15 is 0 Å². The van der Waals surface area contributed by atoms with Gasteiger partial charge in [0.2, 0.25) is 5.91 Å². The Bertz CT molecular complexity index is 548. The second-order valence-electron chi connectivity index (χ2n) is 5.71. The summed E-state index contributed by atoms with van der Waals surface area (Å²) in [6.07, 6.45) is 4.31. The zero-order chi connectivity index (χ0) is 15.5. The van der Waals surface area contributed by atoms with Gasteiger partial charge >= 0.3 is 5.97 Å². The molecular weight excluding hydrogens is 266 g/mol. The number of likely N-dealkylation sites (tertiary alicyclic amines) is 1. The van der Waals surface area contributed by atoms with Crippen molar-refractivity contribution in [2.45, 2.75) is 33.2 Å². The lowest BCUT2D eigenvalue weighted by molar-refractivity contribution is -0.178. The van der Waals surface area contributed by atoms with Gasteiger partial charge in [0.05, 0.1) is 11.5 Å². The number of ether oxygens (including phenoxy) is 1. The van der Waals surface area contributed by atoms with E-state index in [0.29, 0.717) is 6.42 Å². The molecule has 0 unspecified atom stereocenters. The molecule has 1 aromatic rings. The van der Waals surface area contributed by atoms with Crippen molar-refractivity contribution >= 4 is 18.0 Å². The van der Waals surface area contributed by atoms with Crippen molar-refractivity contribution < 1.29 is 14.3 Å². The van der Waals surface area contributed by atoms with E-state index in [1.807, 2.05) is 56.3 Å². The van der Waals surface area contributed by atoms with Gasteiger partial charge in [-0.3, -0.25) is 9.59 Å². The molecule has 1 aliphatic heterocycles. The third kappa shape index (κ3) is 3.15. The Morgan fingerprint density at radius 3 is 2.62 bits per heavy atom. The van der Waals surface area contributed by atoms with Crippen LogP contribution in [0.2, 0.25) is 0 Å². The summed E-state index contributed by atoms with van der Waals surface area (Å²) in [7, 11) is 0. The zero-order valence-corrected chi connectivity index (χ0v) is 12.7. The van der Waals surface area contributed by atoms with Gasteiger partial charge in [0.25, 0.3) is 0 Å². The predicted molar refractivity (Wildman–Crippen MR) is 81.1 cm³/mol. The Labute approximate surface area is 125 Å². The van der Waals surface area contributed by atoms with Crippen molar-refractivity contribution in [2.75, 3.05) is 6.73 Å². The molecular formula is C17H21NO3. The lowest BCUT2D eigenvalue weighted by Gasteiger charge is -2.51. The SMILES string of the molecule is CCC(=O)OCN1C(=O)C(C)(C)[C@H]1/C=C/c1ccccc1. The summed E-state index contributed by atoms with van der Waals surface area (Å²) in [5.41, 5.74) is 0.627. The molecule has 21 heavy (non-hydrogen) atoms. The summed E-state index contributed by atoms with van der Waals surface area (Å²) in [6.45, 7) is 5.58. The van der Waals surface area contributed by atoms with Crippen LogP contribution in [0.5, 0.6) is 0 Å². The largest absolute Gasteiger partial charge is 0.444 e. The Hall–Kier alpha value is -2.10. The maximum absolute atomic E-state index is 12.1. The number of benzene rings is 1. The fourth-order valence-corrected chi connectivity index (χ4v) is 2.44. The highest BCUT2D eigenvalue weighted by Crippen LogP contribution is 2.39. The van der Waals surface area contributed by atoms with Gasteiger partial charge in [-0.05, 0) is 19.4 Å². The van der Waals surface area contributed by atoms with E-state index in [-0.39, 0.29) is 24.6 Å². The quantitative estimate of drug-likeness (QED) is 0.618. The Morgan fingerprint density at radius 2 is 2.00 bits per heavy atom. The molecule has 1 aliphatic rings. The van der Waals surface area contributed by atoms with Crippen molar-refractivity contribution in [1.29, 1.82) is 0 Å². The minimum Gasteiger partial charge on any atom is -0.444 e. The van der Waals surface area contributed by atoms with Crippen molar-refractivity contribution in [3.63, 3.8) is 0 Å². The minimum absolute atomic E-state index is 0.00844. The van der Waals surface area contributed by atoms with E-state index in [2.05, 4.69) is 0 Å². The summed E-state index contributed by atoms with van der Waals surface area (Å²) in [6, 6.07) is 9.85. The normalized spacial score (nSPS) is 20.4. The summed E-state index contributed by atoms with van der Waals surface area (Å²) >= 11 is 0. The van der Waals surface area contributed by atoms with Crippen LogP contribution in [0.4, 0.5) is 0 Å². The first-order chi connectivity index (χ1) is 9.96. The first-order valence-electron chi connectivity index (χ1n) is 7.16. The van der Waals surface area contributed by atoms with Crippen LogP contribution >= 0.6 is 0 Å². The van der Waals surface area contributed by atoms with Gasteiger partial charge in [-0.1, -0.05) is 49.4 Å². The predicted octanol–water partition coefficient (Wildman–Crippen LogP) is 2.85. The highest BCUT2D eigenvalue weighted by Gasteiger charge is 2.53. The standard InChI is InChI=1S/C17H21NO3/c1-4-15(19)21-12-18-14(17(2,3)16(18)20)11-10-13-8-6-5-7-9-13/h5-11,14H,4,12H2,1-3H3/b11-10+/t14-/m1/s1. The number of β-lactam (4-membered cyclic amide) rings is 1. The van der Waals surface area contributed by atoms with Crippen LogP contribution < -0.4 is 0 Å². The fraction of sp³-hybridized carbons (Fsp3) is 0.412. The van der Waals surface area contributed by atoms with E-state index < -0.39 is 5.41 Å². The number of hydrogen-bond donors (Lipinski definition) is 0. The molecule has 0 bridgehead atoms. The van der Waals surface area contributed by atoms with E-state index in [0.717, 1.165) is 5.56 Å². The topological polar surface area (TPSA) is 46.6 Å². The molecule has 0 aromatic heterocycles. The van der Waals surface area contributed by atoms with Crippen molar-refractivity contribution in [1.82, 2.24) is 4.90 Å². The molecule has 0 saturated carbocycles. The van der Waals surface area contributed by atoms with Crippen molar-refractivity contribution in [3.05, 3.63) is 42.0 Å². The number of nitrogens with zero attached hydrogens (tertiary/aromatic N) is 1. The molecule has 1 aromatic carbocycles. The smallest absolute Gasteiger partial charge is 0.307 e. The van der Waals surface area contributed by atoms with Crippen LogP contribution in [-0.4, -0.2) is 29.5 Å². The molecule has 0 N–H and O–H groups in total. The minimum atomic E-state index is -0.454. The van der Waals surface area contributed by atoms with E-state index in [1.54, 1.807) is 11.8 Å². The molecule has 1 saturated heterocycles. The van der Waals surface area contributed by atoms with Gasteiger partial charge in [-0.15, -0.1) is 0 Å². The fourth-order valence-electron chi connectivity index (χ4n) is 2.44. The van der Waals surface area contributed by atoms with Crippen LogP contribution in [0, 0.1) is 5.41 Å². The van der Waals surface area contributed by atoms with Crippen molar-refractivity contribution in [3.8, 4) is 0 Å². The maximum atomic E-state index is 12.1. The lowest BCUT2D eigenvalue weighted by Crippen LogP contribution is -2.66. The molecule has 1 amide bonds. The van der Waals surface area contributed by atoms with E-state index in [9.17, 15) is 9.59 Å². The first kappa shape index (κ1) is 15.3. The van der Waals surface area contributed by atoms with Gasteiger partial charge in [-0.25, -0.2) is 0 Å². The number of esters is 1. The number of carbonyl (C=O) groups is 2. The third-order valence-corrected chi connectivity index (χ3v) is 3.81. The molecule has 112 valence electrons. The molecule has 1 fully saturated rings. The molecule has 1 atom stereocenters. The maximum Gasteiger partial charge on any atom is 0.307 e. The third-order valence-electron chi connectivity index (χ3n) is 3.81. The van der Waals surface area contributed by atoms with Gasteiger partial charge in [0, 0.05) is 6.42 Å².